The smallest absolute Gasteiger partial charge is 0.252 e. The maximum Gasteiger partial charge on any atom is 0.252 e. The van der Waals surface area contributed by atoms with Crippen molar-refractivity contribution in [2.24, 2.45) is 0 Å². The molecule has 0 aromatic heterocycles. The first-order valence-electron chi connectivity index (χ1n) is 8.87. The zero-order valence-corrected chi connectivity index (χ0v) is 16.5. The Morgan fingerprint density at radius 2 is 2.04 bits per heavy atom. The summed E-state index contributed by atoms with van der Waals surface area (Å²) in [5.74, 6) is -0.0130. The van der Waals surface area contributed by atoms with Crippen LogP contribution in [0.4, 0.5) is 4.39 Å². The second kappa shape index (κ2) is 9.82. The van der Waals surface area contributed by atoms with Crippen LogP contribution in [-0.2, 0) is 11.3 Å². The number of halogens is 2. The largest absolute Gasteiger partial charge is 0.492 e. The Morgan fingerprint density at radius 1 is 1.22 bits per heavy atom. The van der Waals surface area contributed by atoms with Crippen molar-refractivity contribution in [3.05, 3.63) is 63.9 Å². The van der Waals surface area contributed by atoms with Crippen molar-refractivity contribution in [1.29, 1.82) is 0 Å². The Kier molecular flexibility index (Phi) is 7.20. The highest BCUT2D eigenvalue weighted by atomic mass is 79.9. The predicted octanol–water partition coefficient (Wildman–Crippen LogP) is 3.23. The van der Waals surface area contributed by atoms with Gasteiger partial charge in [0, 0.05) is 30.7 Å². The minimum Gasteiger partial charge on any atom is -0.492 e. The van der Waals surface area contributed by atoms with E-state index in [1.807, 2.05) is 24.3 Å². The number of ether oxygens (including phenoxy) is 2. The summed E-state index contributed by atoms with van der Waals surface area (Å²) < 4.78 is 25.1. The molecule has 7 heteroatoms. The van der Waals surface area contributed by atoms with Crippen molar-refractivity contribution in [3.8, 4) is 5.75 Å². The molecule has 0 atom stereocenters. The molecule has 2 aromatic rings. The first-order chi connectivity index (χ1) is 13.1. The highest BCUT2D eigenvalue weighted by Gasteiger charge is 2.12. The van der Waals surface area contributed by atoms with Gasteiger partial charge in [-0.2, -0.15) is 0 Å². The van der Waals surface area contributed by atoms with E-state index in [2.05, 4.69) is 26.1 Å². The van der Waals surface area contributed by atoms with E-state index in [0.717, 1.165) is 44.2 Å². The van der Waals surface area contributed by atoms with Gasteiger partial charge < -0.3 is 14.8 Å². The molecule has 0 spiro atoms. The third kappa shape index (κ3) is 6.02. The van der Waals surface area contributed by atoms with Gasteiger partial charge in [0.05, 0.1) is 18.8 Å². The van der Waals surface area contributed by atoms with Crippen molar-refractivity contribution >= 4 is 21.8 Å². The molecule has 0 bridgehead atoms. The van der Waals surface area contributed by atoms with E-state index in [1.165, 1.54) is 18.2 Å². The van der Waals surface area contributed by atoms with Crippen LogP contribution in [0.3, 0.4) is 0 Å². The zero-order valence-electron chi connectivity index (χ0n) is 14.9. The lowest BCUT2D eigenvalue weighted by Gasteiger charge is -2.26. The summed E-state index contributed by atoms with van der Waals surface area (Å²) in [5.41, 5.74) is 1.19. The summed E-state index contributed by atoms with van der Waals surface area (Å²) in [6, 6.07) is 11.6. The standard InChI is InChI=1S/C20H22BrFN2O3/c21-19-5-4-16(22)13-18(19)20(25)23-14-15-2-1-3-17(12-15)27-11-8-24-6-9-26-10-7-24/h1-5,12-13H,6-11,14H2,(H,23,25). The van der Waals surface area contributed by atoms with Crippen molar-refractivity contribution < 1.29 is 18.7 Å². The number of hydrogen-bond acceptors (Lipinski definition) is 4. The van der Waals surface area contributed by atoms with Crippen LogP contribution in [0, 0.1) is 5.82 Å². The van der Waals surface area contributed by atoms with Gasteiger partial charge in [0.25, 0.3) is 5.91 Å². The summed E-state index contributed by atoms with van der Waals surface area (Å²) in [6.07, 6.45) is 0. The maximum atomic E-state index is 13.3. The SMILES string of the molecule is O=C(NCc1cccc(OCCN2CCOCC2)c1)c1cc(F)ccc1Br. The lowest BCUT2D eigenvalue weighted by molar-refractivity contribution is 0.0322. The summed E-state index contributed by atoms with van der Waals surface area (Å²) in [4.78, 5) is 14.6. The number of carbonyl (C=O) groups is 1. The molecule has 0 aliphatic carbocycles. The minimum atomic E-state index is -0.445. The van der Waals surface area contributed by atoms with E-state index in [1.54, 1.807) is 0 Å². The molecule has 0 unspecified atom stereocenters. The van der Waals surface area contributed by atoms with Crippen molar-refractivity contribution in [1.82, 2.24) is 10.2 Å². The van der Waals surface area contributed by atoms with Crippen LogP contribution in [0.2, 0.25) is 0 Å². The number of nitrogens with zero attached hydrogens (tertiary/aromatic N) is 1. The van der Waals surface area contributed by atoms with Crippen molar-refractivity contribution in [2.45, 2.75) is 6.54 Å². The summed E-state index contributed by atoms with van der Waals surface area (Å²) in [5, 5.41) is 2.81. The Hall–Kier alpha value is -1.96. The summed E-state index contributed by atoms with van der Waals surface area (Å²) in [6.45, 7) is 5.22. The first-order valence-corrected chi connectivity index (χ1v) is 9.66. The van der Waals surface area contributed by atoms with E-state index >= 15 is 0 Å². The molecule has 144 valence electrons. The molecule has 1 N–H and O–H groups in total. The number of morpholine rings is 1. The van der Waals surface area contributed by atoms with Crippen molar-refractivity contribution in [2.75, 3.05) is 39.5 Å². The fraction of sp³-hybridized carbons (Fsp3) is 0.350. The molecule has 1 fully saturated rings. The van der Waals surface area contributed by atoms with Crippen molar-refractivity contribution in [3.63, 3.8) is 0 Å². The van der Waals surface area contributed by atoms with Gasteiger partial charge >= 0.3 is 0 Å². The average molecular weight is 437 g/mol. The van der Waals surface area contributed by atoms with E-state index < -0.39 is 5.82 Å². The third-order valence-corrected chi connectivity index (χ3v) is 5.00. The molecule has 0 radical (unpaired) electrons. The molecule has 5 nitrogen and oxygen atoms in total. The van der Waals surface area contributed by atoms with E-state index in [9.17, 15) is 9.18 Å². The number of benzene rings is 2. The van der Waals surface area contributed by atoms with Crippen LogP contribution in [0.1, 0.15) is 15.9 Å². The molecular formula is C20H22BrFN2O3. The minimum absolute atomic E-state index is 0.271. The number of amides is 1. The molecule has 1 saturated heterocycles. The fourth-order valence-corrected chi connectivity index (χ4v) is 3.24. The molecule has 1 aliphatic heterocycles. The van der Waals surface area contributed by atoms with E-state index in [-0.39, 0.29) is 11.5 Å². The van der Waals surface area contributed by atoms with E-state index in [4.69, 9.17) is 9.47 Å². The van der Waals surface area contributed by atoms with Crippen LogP contribution in [-0.4, -0.2) is 50.3 Å². The highest BCUT2D eigenvalue weighted by molar-refractivity contribution is 9.10. The van der Waals surface area contributed by atoms with Gasteiger partial charge in [0.1, 0.15) is 18.2 Å². The normalized spacial score (nSPS) is 14.7. The van der Waals surface area contributed by atoms with Crippen LogP contribution in [0.5, 0.6) is 5.75 Å². The first kappa shape index (κ1) is 19.8. The molecule has 1 amide bonds. The average Bonchev–Trinajstić information content (AvgIpc) is 2.69. The second-order valence-corrected chi connectivity index (χ2v) is 7.11. The molecule has 27 heavy (non-hydrogen) atoms. The fourth-order valence-electron chi connectivity index (χ4n) is 2.81. The van der Waals surface area contributed by atoms with Crippen LogP contribution in [0.15, 0.2) is 46.9 Å². The molecular weight excluding hydrogens is 415 g/mol. The van der Waals surface area contributed by atoms with Gasteiger partial charge in [-0.1, -0.05) is 12.1 Å². The molecule has 3 rings (SSSR count). The lowest BCUT2D eigenvalue weighted by atomic mass is 10.2. The molecule has 1 heterocycles. The summed E-state index contributed by atoms with van der Waals surface area (Å²) >= 11 is 3.27. The highest BCUT2D eigenvalue weighted by Crippen LogP contribution is 2.18. The molecule has 2 aromatic carbocycles. The molecule has 0 saturated carbocycles. The van der Waals surface area contributed by atoms with Gasteiger partial charge in [-0.25, -0.2) is 4.39 Å². The van der Waals surface area contributed by atoms with Crippen LogP contribution in [0.25, 0.3) is 0 Å². The third-order valence-electron chi connectivity index (χ3n) is 4.30. The van der Waals surface area contributed by atoms with Crippen LogP contribution >= 0.6 is 15.9 Å². The lowest BCUT2D eigenvalue weighted by Crippen LogP contribution is -2.38. The topological polar surface area (TPSA) is 50.8 Å². The Labute approximate surface area is 166 Å². The Morgan fingerprint density at radius 3 is 2.85 bits per heavy atom. The Bertz CT molecular complexity index is 782. The van der Waals surface area contributed by atoms with Crippen LogP contribution < -0.4 is 10.1 Å². The van der Waals surface area contributed by atoms with Gasteiger partial charge in [-0.05, 0) is 51.8 Å². The van der Waals surface area contributed by atoms with Gasteiger partial charge in [0.15, 0.2) is 0 Å². The van der Waals surface area contributed by atoms with E-state index in [0.29, 0.717) is 17.6 Å². The second-order valence-electron chi connectivity index (χ2n) is 6.26. The van der Waals surface area contributed by atoms with Gasteiger partial charge in [-0.15, -0.1) is 0 Å². The number of hydrogen-bond donors (Lipinski definition) is 1. The molecule has 1 aliphatic rings. The van der Waals surface area contributed by atoms with Gasteiger partial charge in [0.2, 0.25) is 0 Å². The summed E-state index contributed by atoms with van der Waals surface area (Å²) in [7, 11) is 0. The maximum absolute atomic E-state index is 13.3. The number of carbonyl (C=O) groups excluding carboxylic acids is 1. The number of nitrogens with one attached hydrogen (secondary N) is 1. The monoisotopic (exact) mass is 436 g/mol. The Balaban J connectivity index is 1.49. The number of rotatable bonds is 7. The predicted molar refractivity (Wildman–Crippen MR) is 104 cm³/mol. The quantitative estimate of drug-likeness (QED) is 0.723. The zero-order chi connectivity index (χ0) is 19.1. The van der Waals surface area contributed by atoms with Gasteiger partial charge in [-0.3, -0.25) is 9.69 Å².